The molecule has 0 heterocycles. The molecule has 0 spiro atoms. The average Bonchev–Trinajstić information content (AvgIpc) is 2.43. The molecule has 0 atom stereocenters. The maximum absolute atomic E-state index is 12.8. The maximum atomic E-state index is 12.8. The molecule has 2 rings (SSSR count). The fourth-order valence-electron chi connectivity index (χ4n) is 1.64. The molecule has 4 nitrogen and oxygen atoms in total. The summed E-state index contributed by atoms with van der Waals surface area (Å²) < 4.78 is 18.3. The summed E-state index contributed by atoms with van der Waals surface area (Å²) >= 11 is 0. The standard InChI is InChI=1S/C15H15FN2O2/c16-12-3-7-14(8-4-12)20-13-5-1-11(2-6-13)9-18-10-15(17)19/h1-8,18H,9-10H2,(H2,17,19). The van der Waals surface area contributed by atoms with Crippen molar-refractivity contribution in [2.24, 2.45) is 5.73 Å². The molecule has 5 heteroatoms. The van der Waals surface area contributed by atoms with E-state index in [0.717, 1.165) is 5.56 Å². The van der Waals surface area contributed by atoms with Crippen molar-refractivity contribution in [3.8, 4) is 11.5 Å². The Balaban J connectivity index is 1.91. The molecule has 3 N–H and O–H groups in total. The summed E-state index contributed by atoms with van der Waals surface area (Å²) in [5.74, 6) is 0.552. The minimum atomic E-state index is -0.388. The van der Waals surface area contributed by atoms with Crippen molar-refractivity contribution < 1.29 is 13.9 Å². The summed E-state index contributed by atoms with van der Waals surface area (Å²) in [6, 6.07) is 13.2. The molecule has 0 aliphatic carbocycles. The third kappa shape index (κ3) is 4.37. The van der Waals surface area contributed by atoms with Crippen LogP contribution in [0.2, 0.25) is 0 Å². The van der Waals surface area contributed by atoms with Gasteiger partial charge in [0.2, 0.25) is 5.91 Å². The molecule has 0 radical (unpaired) electrons. The fourth-order valence-corrected chi connectivity index (χ4v) is 1.64. The number of nitrogens with one attached hydrogen (secondary N) is 1. The van der Waals surface area contributed by atoms with Crippen molar-refractivity contribution in [3.63, 3.8) is 0 Å². The van der Waals surface area contributed by atoms with Gasteiger partial charge in [-0.05, 0) is 42.0 Å². The van der Waals surface area contributed by atoms with Crippen molar-refractivity contribution in [2.45, 2.75) is 6.54 Å². The molecule has 0 aromatic heterocycles. The molecule has 104 valence electrons. The Morgan fingerprint density at radius 3 is 2.15 bits per heavy atom. The van der Waals surface area contributed by atoms with Gasteiger partial charge in [0.05, 0.1) is 6.54 Å². The second-order valence-electron chi connectivity index (χ2n) is 4.27. The van der Waals surface area contributed by atoms with Crippen LogP contribution >= 0.6 is 0 Å². The van der Waals surface area contributed by atoms with E-state index in [1.807, 2.05) is 24.3 Å². The van der Waals surface area contributed by atoms with E-state index >= 15 is 0 Å². The van der Waals surface area contributed by atoms with Gasteiger partial charge in [0.25, 0.3) is 0 Å². The molecule has 1 amide bonds. The third-order valence-corrected chi connectivity index (χ3v) is 2.60. The largest absolute Gasteiger partial charge is 0.457 e. The summed E-state index contributed by atoms with van der Waals surface area (Å²) in [4.78, 5) is 10.6. The lowest BCUT2D eigenvalue weighted by atomic mass is 10.2. The highest BCUT2D eigenvalue weighted by molar-refractivity contribution is 5.75. The number of halogens is 1. The molecule has 20 heavy (non-hydrogen) atoms. The van der Waals surface area contributed by atoms with Crippen LogP contribution < -0.4 is 15.8 Å². The van der Waals surface area contributed by atoms with Crippen LogP contribution in [0.4, 0.5) is 4.39 Å². The van der Waals surface area contributed by atoms with Crippen LogP contribution in [-0.4, -0.2) is 12.5 Å². The van der Waals surface area contributed by atoms with Crippen LogP contribution in [0.25, 0.3) is 0 Å². The molecular weight excluding hydrogens is 259 g/mol. The Morgan fingerprint density at radius 1 is 1.05 bits per heavy atom. The van der Waals surface area contributed by atoms with E-state index in [1.54, 1.807) is 12.1 Å². The van der Waals surface area contributed by atoms with E-state index in [-0.39, 0.29) is 18.3 Å². The highest BCUT2D eigenvalue weighted by Crippen LogP contribution is 2.21. The van der Waals surface area contributed by atoms with Crippen LogP contribution in [-0.2, 0) is 11.3 Å². The van der Waals surface area contributed by atoms with Gasteiger partial charge in [-0.3, -0.25) is 4.79 Å². The van der Waals surface area contributed by atoms with Gasteiger partial charge in [-0.25, -0.2) is 4.39 Å². The Morgan fingerprint density at radius 2 is 1.60 bits per heavy atom. The first-order valence-corrected chi connectivity index (χ1v) is 6.15. The van der Waals surface area contributed by atoms with E-state index in [0.29, 0.717) is 18.0 Å². The Kier molecular flexibility index (Phi) is 4.68. The first-order valence-electron chi connectivity index (χ1n) is 6.15. The molecule has 2 aromatic rings. The Hall–Kier alpha value is -2.40. The molecule has 0 saturated heterocycles. The lowest BCUT2D eigenvalue weighted by molar-refractivity contribution is -0.117. The number of hydrogen-bond acceptors (Lipinski definition) is 3. The molecule has 0 aliphatic rings. The van der Waals surface area contributed by atoms with Gasteiger partial charge >= 0.3 is 0 Å². The normalized spacial score (nSPS) is 10.2. The lowest BCUT2D eigenvalue weighted by Crippen LogP contribution is -2.28. The van der Waals surface area contributed by atoms with Crippen LogP contribution in [0.5, 0.6) is 11.5 Å². The summed E-state index contributed by atoms with van der Waals surface area (Å²) in [7, 11) is 0. The minimum Gasteiger partial charge on any atom is -0.457 e. The number of rotatable bonds is 6. The van der Waals surface area contributed by atoms with Crippen LogP contribution in [0, 0.1) is 5.82 Å². The molecule has 0 unspecified atom stereocenters. The van der Waals surface area contributed by atoms with Crippen LogP contribution in [0.3, 0.4) is 0 Å². The van der Waals surface area contributed by atoms with Gasteiger partial charge < -0.3 is 15.8 Å². The van der Waals surface area contributed by atoms with Crippen LogP contribution in [0.15, 0.2) is 48.5 Å². The molecule has 2 aromatic carbocycles. The Labute approximate surface area is 116 Å². The van der Waals surface area contributed by atoms with Crippen molar-refractivity contribution in [3.05, 3.63) is 59.9 Å². The monoisotopic (exact) mass is 274 g/mol. The predicted molar refractivity (Wildman–Crippen MR) is 73.8 cm³/mol. The van der Waals surface area contributed by atoms with Gasteiger partial charge in [0.15, 0.2) is 0 Å². The number of ether oxygens (including phenoxy) is 1. The average molecular weight is 274 g/mol. The first kappa shape index (κ1) is 14.0. The Bertz CT molecular complexity index is 567. The van der Waals surface area contributed by atoms with Gasteiger partial charge in [0, 0.05) is 6.54 Å². The molecule has 0 fully saturated rings. The first-order chi connectivity index (χ1) is 9.63. The van der Waals surface area contributed by atoms with E-state index in [4.69, 9.17) is 10.5 Å². The summed E-state index contributed by atoms with van der Waals surface area (Å²) in [5.41, 5.74) is 6.04. The highest BCUT2D eigenvalue weighted by atomic mass is 19.1. The van der Waals surface area contributed by atoms with E-state index in [2.05, 4.69) is 5.32 Å². The van der Waals surface area contributed by atoms with Crippen molar-refractivity contribution >= 4 is 5.91 Å². The molecule has 0 bridgehead atoms. The minimum absolute atomic E-state index is 0.147. The number of amides is 1. The number of carbonyl (C=O) groups is 1. The van der Waals surface area contributed by atoms with Crippen molar-refractivity contribution in [1.82, 2.24) is 5.32 Å². The van der Waals surface area contributed by atoms with Crippen molar-refractivity contribution in [1.29, 1.82) is 0 Å². The summed E-state index contributed by atoms with van der Waals surface area (Å²) in [6.45, 7) is 0.702. The zero-order valence-corrected chi connectivity index (χ0v) is 10.8. The second-order valence-corrected chi connectivity index (χ2v) is 4.27. The van der Waals surface area contributed by atoms with E-state index in [9.17, 15) is 9.18 Å². The topological polar surface area (TPSA) is 64.4 Å². The van der Waals surface area contributed by atoms with E-state index in [1.165, 1.54) is 12.1 Å². The molecule has 0 aliphatic heterocycles. The van der Waals surface area contributed by atoms with E-state index < -0.39 is 0 Å². The zero-order chi connectivity index (χ0) is 14.4. The quantitative estimate of drug-likeness (QED) is 0.848. The zero-order valence-electron chi connectivity index (χ0n) is 10.8. The third-order valence-electron chi connectivity index (χ3n) is 2.60. The smallest absolute Gasteiger partial charge is 0.231 e. The number of hydrogen-bond donors (Lipinski definition) is 2. The van der Waals surface area contributed by atoms with Gasteiger partial charge in [-0.15, -0.1) is 0 Å². The molecule has 0 saturated carbocycles. The number of carbonyl (C=O) groups excluding carboxylic acids is 1. The van der Waals surface area contributed by atoms with Gasteiger partial charge in [-0.2, -0.15) is 0 Å². The van der Waals surface area contributed by atoms with Crippen molar-refractivity contribution in [2.75, 3.05) is 6.54 Å². The number of benzene rings is 2. The number of nitrogens with two attached hydrogens (primary N) is 1. The highest BCUT2D eigenvalue weighted by Gasteiger charge is 1.99. The SMILES string of the molecule is NC(=O)CNCc1ccc(Oc2ccc(F)cc2)cc1. The van der Waals surface area contributed by atoms with Crippen LogP contribution in [0.1, 0.15) is 5.56 Å². The number of primary amides is 1. The molecular formula is C15H15FN2O2. The second kappa shape index (κ2) is 6.68. The van der Waals surface area contributed by atoms with Gasteiger partial charge in [0.1, 0.15) is 17.3 Å². The lowest BCUT2D eigenvalue weighted by Gasteiger charge is -2.07. The van der Waals surface area contributed by atoms with Gasteiger partial charge in [-0.1, -0.05) is 12.1 Å². The maximum Gasteiger partial charge on any atom is 0.231 e. The summed E-state index contributed by atoms with van der Waals surface area (Å²) in [5, 5.41) is 2.92. The predicted octanol–water partition coefficient (Wildman–Crippen LogP) is 2.19. The summed E-state index contributed by atoms with van der Waals surface area (Å²) in [6.07, 6.45) is 0. The fraction of sp³-hybridized carbons (Fsp3) is 0.133.